The van der Waals surface area contributed by atoms with E-state index in [1.165, 1.54) is 6.20 Å². The summed E-state index contributed by atoms with van der Waals surface area (Å²) >= 11 is 9.51. The molecule has 3 nitrogen and oxygen atoms in total. The highest BCUT2D eigenvalue weighted by atomic mass is 79.9. The topological polar surface area (TPSA) is 62.2 Å². The van der Waals surface area contributed by atoms with Gasteiger partial charge in [0.05, 0.1) is 15.8 Å². The van der Waals surface area contributed by atoms with Gasteiger partial charge in [-0.3, -0.25) is 4.99 Å². The molecule has 0 bridgehead atoms. The Balaban J connectivity index is 2.84. The van der Waals surface area contributed by atoms with Crippen LogP contribution in [-0.2, 0) is 0 Å². The number of nitrogens with two attached hydrogens (primary N) is 1. The number of nitriles is 1. The second-order valence-corrected chi connectivity index (χ2v) is 5.28. The summed E-state index contributed by atoms with van der Waals surface area (Å²) in [4.78, 5) is 4.20. The first-order valence-corrected chi connectivity index (χ1v) is 6.97. The summed E-state index contributed by atoms with van der Waals surface area (Å²) in [6, 6.07) is 11.4. The lowest BCUT2D eigenvalue weighted by molar-refractivity contribution is 1.42. The van der Waals surface area contributed by atoms with E-state index >= 15 is 0 Å². The SMILES string of the molecule is CN=C(/C(Br)=C\N)c1ccc2c(Cl)cccc2c1C#N. The molecule has 2 aromatic rings. The molecule has 0 aliphatic rings. The molecule has 0 aliphatic heterocycles. The third kappa shape index (κ3) is 2.43. The largest absolute Gasteiger partial charge is 0.404 e. The van der Waals surface area contributed by atoms with Crippen LogP contribution in [0.25, 0.3) is 10.8 Å². The van der Waals surface area contributed by atoms with Crippen LogP contribution in [0.5, 0.6) is 0 Å². The first-order chi connectivity index (χ1) is 9.63. The fourth-order valence-electron chi connectivity index (χ4n) is 2.07. The third-order valence-electron chi connectivity index (χ3n) is 2.97. The van der Waals surface area contributed by atoms with Crippen molar-refractivity contribution < 1.29 is 0 Å². The first kappa shape index (κ1) is 14.6. The fraction of sp³-hybridized carbons (Fsp3) is 0.0667. The molecule has 0 aromatic heterocycles. The minimum Gasteiger partial charge on any atom is -0.404 e. The molecular weight excluding hydrogens is 338 g/mol. The molecule has 0 radical (unpaired) electrons. The van der Waals surface area contributed by atoms with E-state index in [1.807, 2.05) is 24.3 Å². The van der Waals surface area contributed by atoms with E-state index in [4.69, 9.17) is 17.3 Å². The quantitative estimate of drug-likeness (QED) is 0.834. The number of rotatable bonds is 2. The lowest BCUT2D eigenvalue weighted by Gasteiger charge is -2.10. The van der Waals surface area contributed by atoms with Crippen molar-refractivity contribution in [3.63, 3.8) is 0 Å². The van der Waals surface area contributed by atoms with Gasteiger partial charge in [0.1, 0.15) is 6.07 Å². The summed E-state index contributed by atoms with van der Waals surface area (Å²) in [5, 5.41) is 11.8. The van der Waals surface area contributed by atoms with Gasteiger partial charge in [-0.15, -0.1) is 0 Å². The van der Waals surface area contributed by atoms with Gasteiger partial charge in [0.2, 0.25) is 0 Å². The number of allylic oxidation sites excluding steroid dienone is 1. The van der Waals surface area contributed by atoms with Gasteiger partial charge in [-0.1, -0.05) is 35.9 Å². The highest BCUT2D eigenvalue weighted by molar-refractivity contribution is 9.12. The summed E-state index contributed by atoms with van der Waals surface area (Å²) in [5.41, 5.74) is 7.40. The van der Waals surface area contributed by atoms with Gasteiger partial charge in [-0.05, 0) is 22.0 Å². The standard InChI is InChI=1S/C15H11BrClN3/c1-20-15(13(16)8-19)11-6-5-10-9(12(11)7-18)3-2-4-14(10)17/h2-6,8H,19H2,1H3/b13-8+,20-15?. The monoisotopic (exact) mass is 347 g/mol. The minimum absolute atomic E-state index is 0.532. The third-order valence-corrected chi connectivity index (χ3v) is 3.94. The summed E-state index contributed by atoms with van der Waals surface area (Å²) in [7, 11) is 1.66. The van der Waals surface area contributed by atoms with Gasteiger partial charge in [-0.25, -0.2) is 0 Å². The van der Waals surface area contributed by atoms with E-state index in [0.717, 1.165) is 16.3 Å². The molecule has 0 saturated heterocycles. The van der Waals surface area contributed by atoms with Crippen LogP contribution in [0.3, 0.4) is 0 Å². The Morgan fingerprint density at radius 3 is 2.70 bits per heavy atom. The number of hydrogen-bond acceptors (Lipinski definition) is 3. The molecule has 2 rings (SSSR count). The Morgan fingerprint density at radius 2 is 2.10 bits per heavy atom. The Morgan fingerprint density at radius 1 is 1.35 bits per heavy atom. The predicted molar refractivity (Wildman–Crippen MR) is 87.3 cm³/mol. The van der Waals surface area contributed by atoms with Crippen molar-refractivity contribution in [2.75, 3.05) is 7.05 Å². The average Bonchev–Trinajstić information content (AvgIpc) is 2.47. The predicted octanol–water partition coefficient (Wildman–Crippen LogP) is 3.98. The minimum atomic E-state index is 0.532. The molecular formula is C15H11BrClN3. The fourth-order valence-corrected chi connectivity index (χ4v) is 2.70. The molecule has 0 saturated carbocycles. The van der Waals surface area contributed by atoms with E-state index in [1.54, 1.807) is 13.1 Å². The van der Waals surface area contributed by atoms with E-state index in [9.17, 15) is 5.26 Å². The van der Waals surface area contributed by atoms with E-state index < -0.39 is 0 Å². The van der Waals surface area contributed by atoms with Gasteiger partial charge < -0.3 is 5.73 Å². The summed E-state index contributed by atoms with van der Waals surface area (Å²) in [6.45, 7) is 0. The van der Waals surface area contributed by atoms with Crippen molar-refractivity contribution in [1.29, 1.82) is 5.26 Å². The van der Waals surface area contributed by atoms with Crippen molar-refractivity contribution in [3.05, 3.63) is 57.2 Å². The molecule has 100 valence electrons. The van der Waals surface area contributed by atoms with Gasteiger partial charge >= 0.3 is 0 Å². The van der Waals surface area contributed by atoms with Crippen LogP contribution in [0.2, 0.25) is 5.02 Å². The van der Waals surface area contributed by atoms with Crippen LogP contribution < -0.4 is 5.73 Å². The van der Waals surface area contributed by atoms with Crippen LogP contribution in [-0.4, -0.2) is 12.8 Å². The number of benzene rings is 2. The second kappa shape index (κ2) is 6.08. The van der Waals surface area contributed by atoms with Gasteiger partial charge in [-0.2, -0.15) is 5.26 Å². The van der Waals surface area contributed by atoms with Crippen molar-refractivity contribution in [2.24, 2.45) is 10.7 Å². The van der Waals surface area contributed by atoms with Crippen molar-refractivity contribution in [3.8, 4) is 6.07 Å². The highest BCUT2D eigenvalue weighted by Crippen LogP contribution is 2.29. The summed E-state index contributed by atoms with van der Waals surface area (Å²) in [5.74, 6) is 0. The number of aliphatic imine (C=N–C) groups is 1. The smallest absolute Gasteiger partial charge is 0.100 e. The number of hydrogen-bond donors (Lipinski definition) is 1. The Bertz CT molecular complexity index is 773. The molecule has 0 spiro atoms. The zero-order valence-electron chi connectivity index (χ0n) is 10.7. The number of nitrogens with zero attached hydrogens (tertiary/aromatic N) is 2. The molecule has 5 heteroatoms. The molecule has 2 aromatic carbocycles. The van der Waals surface area contributed by atoms with Gasteiger partial charge in [0.15, 0.2) is 0 Å². The first-order valence-electron chi connectivity index (χ1n) is 5.80. The Kier molecular flexibility index (Phi) is 4.43. The number of fused-ring (bicyclic) bond motifs is 1. The molecule has 0 atom stereocenters. The van der Waals surface area contributed by atoms with Crippen LogP contribution >= 0.6 is 27.5 Å². The van der Waals surface area contributed by atoms with Crippen molar-refractivity contribution in [1.82, 2.24) is 0 Å². The molecule has 0 heterocycles. The van der Waals surface area contributed by atoms with Crippen molar-refractivity contribution in [2.45, 2.75) is 0 Å². The lowest BCUT2D eigenvalue weighted by atomic mass is 9.96. The Hall–Kier alpha value is -1.83. The second-order valence-electron chi connectivity index (χ2n) is 4.02. The molecule has 0 aliphatic carbocycles. The maximum atomic E-state index is 9.49. The average molecular weight is 349 g/mol. The molecule has 0 amide bonds. The number of halogens is 2. The molecule has 20 heavy (non-hydrogen) atoms. The molecule has 0 unspecified atom stereocenters. The van der Waals surface area contributed by atoms with Crippen LogP contribution in [0, 0.1) is 11.3 Å². The summed E-state index contributed by atoms with van der Waals surface area (Å²) in [6.07, 6.45) is 1.41. The van der Waals surface area contributed by atoms with Crippen LogP contribution in [0.1, 0.15) is 11.1 Å². The van der Waals surface area contributed by atoms with Crippen molar-refractivity contribution >= 4 is 44.0 Å². The van der Waals surface area contributed by atoms with Gasteiger partial charge in [0.25, 0.3) is 0 Å². The molecule has 2 N–H and O–H groups in total. The highest BCUT2D eigenvalue weighted by Gasteiger charge is 2.15. The van der Waals surface area contributed by atoms with E-state index in [0.29, 0.717) is 20.8 Å². The molecule has 0 fully saturated rings. The van der Waals surface area contributed by atoms with E-state index in [2.05, 4.69) is 27.0 Å². The van der Waals surface area contributed by atoms with Gasteiger partial charge in [0, 0.05) is 34.6 Å². The maximum Gasteiger partial charge on any atom is 0.100 e. The zero-order valence-corrected chi connectivity index (χ0v) is 13.0. The van der Waals surface area contributed by atoms with Crippen LogP contribution in [0.4, 0.5) is 0 Å². The normalized spacial score (nSPS) is 12.5. The maximum absolute atomic E-state index is 9.49. The van der Waals surface area contributed by atoms with Crippen LogP contribution in [0.15, 0.2) is 46.0 Å². The van der Waals surface area contributed by atoms with E-state index in [-0.39, 0.29) is 0 Å². The zero-order chi connectivity index (χ0) is 14.7. The lowest BCUT2D eigenvalue weighted by Crippen LogP contribution is -2.06. The Labute approximate surface area is 130 Å². The summed E-state index contributed by atoms with van der Waals surface area (Å²) < 4.78 is 0.637.